The Kier molecular flexibility index (Phi) is 12.5. The summed E-state index contributed by atoms with van der Waals surface area (Å²) in [7, 11) is 0. The lowest BCUT2D eigenvalue weighted by Crippen LogP contribution is -2.59. The first-order valence-electron chi connectivity index (χ1n) is 18.4. The number of benzene rings is 1. The first kappa shape index (κ1) is 38.4. The molecule has 0 aromatic heterocycles. The number of carbonyl (C=O) groups excluding carboxylic acids is 1. The minimum absolute atomic E-state index is 0.191. The first-order chi connectivity index (χ1) is 23.7. The van der Waals surface area contributed by atoms with E-state index >= 15 is 0 Å². The lowest BCUT2D eigenvalue weighted by atomic mass is 9.72. The minimum Gasteiger partial charge on any atom is -0.445 e. The van der Waals surface area contributed by atoms with Gasteiger partial charge in [-0.25, -0.2) is 9.79 Å². The van der Waals surface area contributed by atoms with Crippen LogP contribution >= 0.6 is 0 Å². The van der Waals surface area contributed by atoms with Gasteiger partial charge in [-0.15, -0.1) is 0 Å². The Bertz CT molecular complexity index is 1420. The molecule has 278 valence electrons. The largest absolute Gasteiger partial charge is 0.445 e. The van der Waals surface area contributed by atoms with Crippen molar-refractivity contribution in [3.63, 3.8) is 0 Å². The van der Waals surface area contributed by atoms with Crippen LogP contribution in [0.1, 0.15) is 83.4 Å². The number of aryl methyl sites for hydroxylation is 1. The number of aliphatic imine (C=N–C) groups is 1. The van der Waals surface area contributed by atoms with Crippen LogP contribution in [-0.4, -0.2) is 124 Å². The van der Waals surface area contributed by atoms with Crippen LogP contribution in [0.15, 0.2) is 40.4 Å². The zero-order valence-corrected chi connectivity index (χ0v) is 30.8. The molecule has 0 bridgehead atoms. The number of rotatable bonds is 9. The van der Waals surface area contributed by atoms with E-state index in [4.69, 9.17) is 14.2 Å². The van der Waals surface area contributed by atoms with E-state index in [1.54, 1.807) is 0 Å². The summed E-state index contributed by atoms with van der Waals surface area (Å²) in [5, 5.41) is 40.5. The van der Waals surface area contributed by atoms with Gasteiger partial charge in [0.05, 0.1) is 13.2 Å². The molecule has 50 heavy (non-hydrogen) atoms. The van der Waals surface area contributed by atoms with Gasteiger partial charge in [0.25, 0.3) is 0 Å². The molecule has 0 unspecified atom stereocenters. The summed E-state index contributed by atoms with van der Waals surface area (Å²) in [6.45, 7) is 16.8. The van der Waals surface area contributed by atoms with Crippen molar-refractivity contribution in [2.45, 2.75) is 116 Å². The van der Waals surface area contributed by atoms with E-state index < -0.39 is 42.9 Å². The van der Waals surface area contributed by atoms with E-state index in [2.05, 4.69) is 61.0 Å². The van der Waals surface area contributed by atoms with Crippen molar-refractivity contribution in [3.05, 3.63) is 52.1 Å². The first-order valence-corrected chi connectivity index (χ1v) is 18.4. The van der Waals surface area contributed by atoms with Crippen LogP contribution in [-0.2, 0) is 20.6 Å². The van der Waals surface area contributed by atoms with Gasteiger partial charge in [0.15, 0.2) is 0 Å². The predicted molar refractivity (Wildman–Crippen MR) is 193 cm³/mol. The van der Waals surface area contributed by atoms with E-state index in [0.717, 1.165) is 79.8 Å². The highest BCUT2D eigenvalue weighted by molar-refractivity contribution is 5.97. The number of hydrogen-bond acceptors (Lipinski definition) is 10. The molecule has 3 saturated heterocycles. The average molecular weight is 698 g/mol. The highest BCUT2D eigenvalue weighted by Gasteiger charge is 2.46. The van der Waals surface area contributed by atoms with Crippen LogP contribution in [0.3, 0.4) is 0 Å². The van der Waals surface area contributed by atoms with Crippen molar-refractivity contribution in [1.29, 1.82) is 0 Å². The van der Waals surface area contributed by atoms with Crippen molar-refractivity contribution in [1.82, 2.24) is 9.80 Å². The van der Waals surface area contributed by atoms with Gasteiger partial charge in [-0.2, -0.15) is 0 Å². The van der Waals surface area contributed by atoms with Crippen LogP contribution in [0.2, 0.25) is 0 Å². The van der Waals surface area contributed by atoms with Crippen molar-refractivity contribution >= 4 is 18.1 Å². The summed E-state index contributed by atoms with van der Waals surface area (Å²) in [5.41, 5.74) is 5.33. The molecule has 11 heteroatoms. The molecule has 11 nitrogen and oxygen atoms in total. The van der Waals surface area contributed by atoms with E-state index in [1.807, 2.05) is 25.7 Å². The fourth-order valence-electron chi connectivity index (χ4n) is 7.68. The second kappa shape index (κ2) is 16.3. The Morgan fingerprint density at radius 3 is 2.50 bits per heavy atom. The third kappa shape index (κ3) is 9.35. The maximum Gasteiger partial charge on any atom is 0.410 e. The predicted octanol–water partition coefficient (Wildman–Crippen LogP) is 4.24. The lowest BCUT2D eigenvalue weighted by molar-refractivity contribution is -0.281. The summed E-state index contributed by atoms with van der Waals surface area (Å²) < 4.78 is 17.2. The molecule has 1 spiro atoms. The second-order valence-electron chi connectivity index (χ2n) is 16.0. The maximum atomic E-state index is 12.6. The molecular formula is C39H59N3O8. The Morgan fingerprint density at radius 1 is 1.10 bits per heavy atom. The van der Waals surface area contributed by atoms with E-state index in [9.17, 15) is 25.2 Å². The average Bonchev–Trinajstić information content (AvgIpc) is 3.46. The van der Waals surface area contributed by atoms with Crippen molar-refractivity contribution in [3.8, 4) is 0 Å². The van der Waals surface area contributed by atoms with E-state index in [-0.39, 0.29) is 12.0 Å². The smallest absolute Gasteiger partial charge is 0.410 e. The monoisotopic (exact) mass is 697 g/mol. The molecule has 4 aliphatic heterocycles. The molecule has 0 aliphatic carbocycles. The molecule has 1 amide bonds. The number of likely N-dealkylation sites (tertiary alicyclic amines) is 2. The van der Waals surface area contributed by atoms with Gasteiger partial charge in [0.1, 0.15) is 30.0 Å². The van der Waals surface area contributed by atoms with Gasteiger partial charge in [-0.05, 0) is 99.9 Å². The molecular weight excluding hydrogens is 638 g/mol. The summed E-state index contributed by atoms with van der Waals surface area (Å²) in [4.78, 5) is 21.6. The van der Waals surface area contributed by atoms with Gasteiger partial charge in [0.2, 0.25) is 12.2 Å². The number of piperidine rings is 2. The van der Waals surface area contributed by atoms with Crippen LogP contribution in [0.4, 0.5) is 4.79 Å². The minimum atomic E-state index is -1.51. The molecule has 3 fully saturated rings. The van der Waals surface area contributed by atoms with Gasteiger partial charge in [-0.3, -0.25) is 0 Å². The molecule has 5 rings (SSSR count). The van der Waals surface area contributed by atoms with Gasteiger partial charge >= 0.3 is 6.09 Å². The normalized spacial score (nSPS) is 27.8. The summed E-state index contributed by atoms with van der Waals surface area (Å²) in [6.07, 6.45) is 3.55. The quantitative estimate of drug-likeness (QED) is 0.298. The second-order valence-corrected chi connectivity index (χ2v) is 16.0. The maximum absolute atomic E-state index is 12.6. The number of nitrogens with zero attached hydrogens (tertiary/aromatic N) is 3. The number of ether oxygens (including phenoxy) is 3. The van der Waals surface area contributed by atoms with Crippen LogP contribution < -0.4 is 0 Å². The van der Waals surface area contributed by atoms with Crippen LogP contribution in [0.25, 0.3) is 6.08 Å². The molecule has 1 aromatic carbocycles. The SMILES string of the molecule is Cc1cc(/C=C/CCN2CCCC3(CCN(C(=O)OC(C)(C)C)CC3)C2)ccc1CC1=C(C(C)C)CN=C1O[C@@H]1O[C@H](CO)[C@@H](O)[C@H](O)[C@H]1O. The van der Waals surface area contributed by atoms with Gasteiger partial charge < -0.3 is 44.4 Å². The van der Waals surface area contributed by atoms with Gasteiger partial charge in [-0.1, -0.05) is 44.2 Å². The van der Waals surface area contributed by atoms with E-state index in [0.29, 0.717) is 24.3 Å². The highest BCUT2D eigenvalue weighted by Crippen LogP contribution is 2.40. The fraction of sp³-hybridized carbons (Fsp3) is 0.692. The Labute approximate surface area is 297 Å². The zero-order valence-electron chi connectivity index (χ0n) is 30.8. The number of amides is 1. The van der Waals surface area contributed by atoms with Gasteiger partial charge in [0, 0.05) is 38.2 Å². The molecule has 0 saturated carbocycles. The Balaban J connectivity index is 1.14. The summed E-state index contributed by atoms with van der Waals surface area (Å²) in [5.74, 6) is 0.585. The Morgan fingerprint density at radius 2 is 1.84 bits per heavy atom. The number of aliphatic hydroxyl groups excluding tert-OH is 4. The van der Waals surface area contributed by atoms with Crippen molar-refractivity contribution in [2.75, 3.05) is 45.9 Å². The standard InChI is InChI=1S/C39H59N3O8/c1-25(2)30-22-40-35(49-36-34(46)33(45)32(44)31(23-43)48-36)29(30)21-28-12-11-27(20-26(28)3)10-7-8-16-41-17-9-13-39(24-41)14-18-42(19-15-39)37(47)50-38(4,5)6/h7,10-12,20,25,31-34,36,43-46H,8-9,13-19,21-24H2,1-6H3/b10-7+/t31-,32-,33+,34-,36+/m1/s1. The highest BCUT2D eigenvalue weighted by atomic mass is 16.7. The topological polar surface area (TPSA) is 145 Å². The van der Waals surface area contributed by atoms with Crippen molar-refractivity contribution < 1.29 is 39.4 Å². The van der Waals surface area contributed by atoms with Crippen LogP contribution in [0.5, 0.6) is 0 Å². The summed E-state index contributed by atoms with van der Waals surface area (Å²) >= 11 is 0. The van der Waals surface area contributed by atoms with Crippen molar-refractivity contribution in [2.24, 2.45) is 16.3 Å². The number of aliphatic hydroxyl groups is 4. The Hall–Kier alpha value is -2.80. The molecule has 1 aromatic rings. The molecule has 5 atom stereocenters. The number of hydrogen-bond donors (Lipinski definition) is 4. The molecule has 4 heterocycles. The zero-order chi connectivity index (χ0) is 36.2. The third-order valence-electron chi connectivity index (χ3n) is 10.7. The van der Waals surface area contributed by atoms with Crippen LogP contribution in [0, 0.1) is 18.3 Å². The molecule has 0 radical (unpaired) electrons. The third-order valence-corrected chi connectivity index (χ3v) is 10.7. The summed E-state index contributed by atoms with van der Waals surface area (Å²) in [6, 6.07) is 6.47. The molecule has 4 N–H and O–H groups in total. The molecule has 4 aliphatic rings. The number of carbonyl (C=O) groups is 1. The van der Waals surface area contributed by atoms with E-state index in [1.165, 1.54) is 12.8 Å². The lowest BCUT2D eigenvalue weighted by Gasteiger charge is -2.47. The fourth-order valence-corrected chi connectivity index (χ4v) is 7.68.